The van der Waals surface area contributed by atoms with Crippen LogP contribution >= 0.6 is 11.8 Å². The summed E-state index contributed by atoms with van der Waals surface area (Å²) in [5, 5.41) is 11.8. The van der Waals surface area contributed by atoms with Crippen molar-refractivity contribution in [1.29, 1.82) is 0 Å². The number of amides is 2. The molecular formula is C26H28N2O5S. The molecule has 1 fully saturated rings. The van der Waals surface area contributed by atoms with E-state index in [1.54, 1.807) is 0 Å². The van der Waals surface area contributed by atoms with Crippen LogP contribution in [0.2, 0.25) is 0 Å². The van der Waals surface area contributed by atoms with Gasteiger partial charge in [0.15, 0.2) is 5.12 Å². The molecule has 0 saturated carbocycles. The molecule has 0 aliphatic carbocycles. The standard InChI is InChI=1S/C26H28N2O5S/c1-16(29)34-23(14-17-8-3-2-4-9-17)24(30)27-20-15-18-10-5-6-11-19(18)21-12-7-13-22(26(32)33)28(21)25(20)31/h2-6,8-11,20-23H,7,12-15H2,1H3,(H,27,30)(H,32,33)/t20-,21-,22-,23-/m0/s1. The number of carbonyl (C=O) groups is 4. The summed E-state index contributed by atoms with van der Waals surface area (Å²) in [6, 6.07) is 14.9. The molecule has 2 heterocycles. The lowest BCUT2D eigenvalue weighted by atomic mass is 9.89. The first-order valence-electron chi connectivity index (χ1n) is 11.5. The molecule has 8 heteroatoms. The first-order chi connectivity index (χ1) is 16.3. The minimum Gasteiger partial charge on any atom is -0.480 e. The largest absolute Gasteiger partial charge is 0.480 e. The fourth-order valence-electron chi connectivity index (χ4n) is 4.98. The maximum atomic E-state index is 13.7. The average Bonchev–Trinajstić information content (AvgIpc) is 2.94. The van der Waals surface area contributed by atoms with Gasteiger partial charge in [0.25, 0.3) is 0 Å². The molecule has 4 atom stereocenters. The van der Waals surface area contributed by atoms with Crippen molar-refractivity contribution in [1.82, 2.24) is 10.2 Å². The zero-order chi connectivity index (χ0) is 24.2. The SMILES string of the molecule is CC(=O)S[C@@H](Cc1ccccc1)C(=O)N[C@H]1Cc2ccccc2[C@@H]2CCC[C@@H](C(=O)O)N2C1=O. The predicted molar refractivity (Wildman–Crippen MR) is 129 cm³/mol. The monoisotopic (exact) mass is 480 g/mol. The summed E-state index contributed by atoms with van der Waals surface area (Å²) >= 11 is 0.941. The van der Waals surface area contributed by atoms with Crippen LogP contribution in [-0.4, -0.2) is 50.2 Å². The van der Waals surface area contributed by atoms with E-state index in [2.05, 4.69) is 5.32 Å². The number of fused-ring (bicyclic) bond motifs is 3. The highest BCUT2D eigenvalue weighted by atomic mass is 32.2. The summed E-state index contributed by atoms with van der Waals surface area (Å²) in [4.78, 5) is 52.4. The van der Waals surface area contributed by atoms with Gasteiger partial charge >= 0.3 is 5.97 Å². The van der Waals surface area contributed by atoms with E-state index in [0.29, 0.717) is 25.7 Å². The van der Waals surface area contributed by atoms with Crippen LogP contribution in [0.3, 0.4) is 0 Å². The van der Waals surface area contributed by atoms with Gasteiger partial charge in [0.2, 0.25) is 11.8 Å². The lowest BCUT2D eigenvalue weighted by Gasteiger charge is -2.40. The molecule has 2 aromatic rings. The maximum Gasteiger partial charge on any atom is 0.326 e. The number of thioether (sulfide) groups is 1. The summed E-state index contributed by atoms with van der Waals surface area (Å²) in [5.74, 6) is -1.81. The molecule has 2 aliphatic heterocycles. The van der Waals surface area contributed by atoms with E-state index >= 15 is 0 Å². The lowest BCUT2D eigenvalue weighted by molar-refractivity contribution is -0.156. The zero-order valence-corrected chi connectivity index (χ0v) is 19.8. The normalized spacial score (nSPS) is 22.7. The van der Waals surface area contributed by atoms with Crippen LogP contribution in [0, 0.1) is 0 Å². The number of nitrogens with one attached hydrogen (secondary N) is 1. The molecule has 0 unspecified atom stereocenters. The number of nitrogens with zero attached hydrogens (tertiary/aromatic N) is 1. The number of hydrogen-bond donors (Lipinski definition) is 2. The van der Waals surface area contributed by atoms with Crippen LogP contribution in [0.4, 0.5) is 0 Å². The van der Waals surface area contributed by atoms with Crippen molar-refractivity contribution < 1.29 is 24.3 Å². The molecule has 4 rings (SSSR count). The lowest BCUT2D eigenvalue weighted by Crippen LogP contribution is -2.56. The molecule has 178 valence electrons. The first-order valence-corrected chi connectivity index (χ1v) is 12.4. The Morgan fingerprint density at radius 1 is 1.09 bits per heavy atom. The second-order valence-corrected chi connectivity index (χ2v) is 10.2. The molecule has 0 bridgehead atoms. The molecule has 7 nitrogen and oxygen atoms in total. The third-order valence-electron chi connectivity index (χ3n) is 6.48. The molecule has 2 N–H and O–H groups in total. The Kier molecular flexibility index (Phi) is 7.36. The van der Waals surface area contributed by atoms with Crippen LogP contribution < -0.4 is 5.32 Å². The Morgan fingerprint density at radius 3 is 2.50 bits per heavy atom. The van der Waals surface area contributed by atoms with E-state index < -0.39 is 29.2 Å². The van der Waals surface area contributed by atoms with E-state index in [0.717, 1.165) is 28.5 Å². The van der Waals surface area contributed by atoms with Gasteiger partial charge in [0.05, 0.1) is 11.3 Å². The van der Waals surface area contributed by atoms with Crippen LogP contribution in [-0.2, 0) is 32.0 Å². The van der Waals surface area contributed by atoms with Crippen molar-refractivity contribution in [2.45, 2.75) is 62.4 Å². The third kappa shape index (κ3) is 5.17. The molecule has 34 heavy (non-hydrogen) atoms. The number of carboxylic acid groups (broad SMARTS) is 1. The molecule has 1 saturated heterocycles. The number of aliphatic carboxylic acids is 1. The van der Waals surface area contributed by atoms with Gasteiger partial charge in [-0.15, -0.1) is 0 Å². The van der Waals surface area contributed by atoms with Gasteiger partial charge in [0, 0.05) is 13.3 Å². The summed E-state index contributed by atoms with van der Waals surface area (Å²) in [6.45, 7) is 1.42. The van der Waals surface area contributed by atoms with Crippen molar-refractivity contribution in [3.8, 4) is 0 Å². The highest BCUT2D eigenvalue weighted by Gasteiger charge is 2.44. The minimum atomic E-state index is -1.03. The highest BCUT2D eigenvalue weighted by molar-refractivity contribution is 8.14. The van der Waals surface area contributed by atoms with E-state index in [9.17, 15) is 24.3 Å². The number of rotatable bonds is 6. The van der Waals surface area contributed by atoms with Crippen LogP contribution in [0.15, 0.2) is 54.6 Å². The molecular weight excluding hydrogens is 452 g/mol. The zero-order valence-electron chi connectivity index (χ0n) is 19.0. The maximum absolute atomic E-state index is 13.7. The van der Waals surface area contributed by atoms with Gasteiger partial charge in [-0.2, -0.15) is 0 Å². The Hall–Kier alpha value is -3.13. The first kappa shape index (κ1) is 24.0. The number of benzene rings is 2. The Morgan fingerprint density at radius 2 is 1.79 bits per heavy atom. The molecule has 0 aromatic heterocycles. The van der Waals surface area contributed by atoms with Crippen LogP contribution in [0.5, 0.6) is 0 Å². The van der Waals surface area contributed by atoms with Crippen LogP contribution in [0.1, 0.15) is 48.9 Å². The fraction of sp³-hybridized carbons (Fsp3) is 0.385. The van der Waals surface area contributed by atoms with Crippen molar-refractivity contribution in [2.75, 3.05) is 0 Å². The van der Waals surface area contributed by atoms with Gasteiger partial charge in [-0.25, -0.2) is 4.79 Å². The Bertz CT molecular complexity index is 1090. The highest BCUT2D eigenvalue weighted by Crippen LogP contribution is 2.39. The summed E-state index contributed by atoms with van der Waals surface area (Å²) < 4.78 is 0. The quantitative estimate of drug-likeness (QED) is 0.659. The number of carbonyl (C=O) groups excluding carboxylic acids is 3. The Labute approximate surface area is 202 Å². The van der Waals surface area contributed by atoms with Crippen LogP contribution in [0.25, 0.3) is 0 Å². The van der Waals surface area contributed by atoms with E-state index in [4.69, 9.17) is 0 Å². The number of hydrogen-bond acceptors (Lipinski definition) is 5. The minimum absolute atomic E-state index is 0.185. The molecule has 2 aromatic carbocycles. The van der Waals surface area contributed by atoms with Crippen molar-refractivity contribution in [3.63, 3.8) is 0 Å². The summed E-state index contributed by atoms with van der Waals surface area (Å²) in [6.07, 6.45) is 2.41. The fourth-order valence-corrected chi connectivity index (χ4v) is 5.83. The third-order valence-corrected chi connectivity index (χ3v) is 7.48. The van der Waals surface area contributed by atoms with Gasteiger partial charge in [-0.05, 0) is 42.4 Å². The van der Waals surface area contributed by atoms with Gasteiger partial charge < -0.3 is 15.3 Å². The topological polar surface area (TPSA) is 104 Å². The van der Waals surface area contributed by atoms with Gasteiger partial charge in [-0.1, -0.05) is 66.4 Å². The number of carboxylic acids is 1. The van der Waals surface area contributed by atoms with Gasteiger partial charge in [0.1, 0.15) is 12.1 Å². The van der Waals surface area contributed by atoms with Crippen molar-refractivity contribution in [2.24, 2.45) is 0 Å². The predicted octanol–water partition coefficient (Wildman–Crippen LogP) is 3.13. The number of piperidine rings is 1. The van der Waals surface area contributed by atoms with Crippen molar-refractivity contribution in [3.05, 3.63) is 71.3 Å². The molecule has 2 aliphatic rings. The smallest absolute Gasteiger partial charge is 0.326 e. The summed E-state index contributed by atoms with van der Waals surface area (Å²) in [5.41, 5.74) is 2.78. The molecule has 0 spiro atoms. The second-order valence-electron chi connectivity index (χ2n) is 8.80. The van der Waals surface area contributed by atoms with E-state index in [1.807, 2.05) is 54.6 Å². The van der Waals surface area contributed by atoms with E-state index in [1.165, 1.54) is 11.8 Å². The molecule has 0 radical (unpaired) electrons. The Balaban J connectivity index is 1.63. The molecule has 2 amide bonds. The average molecular weight is 481 g/mol. The van der Waals surface area contributed by atoms with E-state index in [-0.39, 0.29) is 23.5 Å². The van der Waals surface area contributed by atoms with Gasteiger partial charge in [-0.3, -0.25) is 14.4 Å². The van der Waals surface area contributed by atoms with Crippen molar-refractivity contribution >= 4 is 34.7 Å². The summed E-state index contributed by atoms with van der Waals surface area (Å²) in [7, 11) is 0. The second kappa shape index (κ2) is 10.4.